The third-order valence-corrected chi connectivity index (χ3v) is 16.8. The van der Waals surface area contributed by atoms with Crippen LogP contribution >= 0.6 is 18.7 Å². The molecule has 342 valence electrons. The molecule has 1 saturated heterocycles. The molecule has 8 rings (SSSR count). The monoisotopic (exact) mass is 918 g/mol. The molecule has 2 aliphatic heterocycles. The number of anilines is 1. The Hall–Kier alpha value is -4.72. The van der Waals surface area contributed by atoms with E-state index in [1.165, 1.54) is 22.3 Å². The van der Waals surface area contributed by atoms with Gasteiger partial charge in [-0.3, -0.25) is 18.9 Å². The minimum absolute atomic E-state index is 0.00539. The number of fused-ring (bicyclic) bond motifs is 3. The van der Waals surface area contributed by atoms with Crippen molar-refractivity contribution in [3.05, 3.63) is 77.2 Å². The number of carbonyl (C=O) groups excluding carboxylic acids is 3. The average molecular weight is 919 g/mol. The molecular formula is C48H57F2N4O8PS. The summed E-state index contributed by atoms with van der Waals surface area (Å²) in [6, 6.07) is 9.62. The number of thiazole rings is 1. The first kappa shape index (κ1) is 45.8. The Morgan fingerprint density at radius 1 is 1.02 bits per heavy atom. The van der Waals surface area contributed by atoms with Crippen LogP contribution in [0.25, 0.3) is 22.3 Å². The Kier molecular flexibility index (Phi) is 13.9. The molecule has 2 saturated carbocycles. The molecule has 1 unspecified atom stereocenters. The Morgan fingerprint density at radius 2 is 1.78 bits per heavy atom. The molecule has 1 amide bonds. The van der Waals surface area contributed by atoms with E-state index in [-0.39, 0.29) is 50.3 Å². The minimum atomic E-state index is -4.47. The van der Waals surface area contributed by atoms with Crippen LogP contribution in [-0.2, 0) is 29.8 Å². The van der Waals surface area contributed by atoms with Crippen molar-refractivity contribution in [2.45, 2.75) is 133 Å². The van der Waals surface area contributed by atoms with Crippen molar-refractivity contribution in [3.8, 4) is 22.9 Å². The maximum atomic E-state index is 15.0. The lowest BCUT2D eigenvalue weighted by Crippen LogP contribution is -2.45. The number of aromatic nitrogens is 2. The quantitative estimate of drug-likeness (QED) is 0.0792. The van der Waals surface area contributed by atoms with Gasteiger partial charge in [0.25, 0.3) is 0 Å². The summed E-state index contributed by atoms with van der Waals surface area (Å²) in [4.78, 5) is 66.4. The van der Waals surface area contributed by atoms with Crippen LogP contribution in [-0.4, -0.2) is 80.5 Å². The second kappa shape index (κ2) is 19.4. The van der Waals surface area contributed by atoms with Gasteiger partial charge < -0.3 is 29.3 Å². The zero-order chi connectivity index (χ0) is 45.2. The number of hydrogen-bond donors (Lipinski definition) is 2. The molecule has 4 aromatic rings. The number of amides is 1. The molecule has 0 radical (unpaired) electrons. The number of esters is 1. The molecule has 16 heteroatoms. The fourth-order valence-electron chi connectivity index (χ4n) is 9.70. The van der Waals surface area contributed by atoms with Gasteiger partial charge in [-0.05, 0) is 95.4 Å². The van der Waals surface area contributed by atoms with Crippen LogP contribution in [0.3, 0.4) is 0 Å². The van der Waals surface area contributed by atoms with E-state index in [0.29, 0.717) is 53.1 Å². The molecule has 64 heavy (non-hydrogen) atoms. The number of rotatable bonds is 12. The van der Waals surface area contributed by atoms with Crippen molar-refractivity contribution < 1.29 is 46.8 Å². The number of pyridine rings is 1. The molecule has 4 aliphatic rings. The van der Waals surface area contributed by atoms with Gasteiger partial charge in [-0.2, -0.15) is 0 Å². The largest absolute Gasteiger partial charge is 0.497 e. The summed E-state index contributed by atoms with van der Waals surface area (Å²) in [6.07, 6.45) is 8.72. The first-order valence-corrected chi connectivity index (χ1v) is 25.3. The SMILES string of the molecule is COc1ccc2c(O[C@@H]3C[C@H]4C(=O)C[C@]5(P(=O)(O)Cc6c(F)cccc6F)C[C@@H]5/C=C\CCCCC[C@H](CC(=O)OC5CCCC5)C(=O)N4C3)cc(-c3csc(NC(C)C)n3)nc2c1. The van der Waals surface area contributed by atoms with Gasteiger partial charge in [0.1, 0.15) is 41.0 Å². The lowest BCUT2D eigenvalue weighted by molar-refractivity contribution is -0.154. The molecule has 0 spiro atoms. The Bertz CT molecular complexity index is 2440. The molecule has 2 aromatic heterocycles. The van der Waals surface area contributed by atoms with Crippen LogP contribution in [0.2, 0.25) is 0 Å². The van der Waals surface area contributed by atoms with Crippen LogP contribution in [0, 0.1) is 23.5 Å². The number of ketones is 1. The van der Waals surface area contributed by atoms with E-state index in [2.05, 4.69) is 5.32 Å². The summed E-state index contributed by atoms with van der Waals surface area (Å²) in [7, 11) is -2.90. The van der Waals surface area contributed by atoms with Crippen molar-refractivity contribution in [1.82, 2.24) is 14.9 Å². The fourth-order valence-corrected chi connectivity index (χ4v) is 13.1. The van der Waals surface area contributed by atoms with E-state index in [9.17, 15) is 32.6 Å². The number of nitrogens with zero attached hydrogens (tertiary/aromatic N) is 3. The summed E-state index contributed by atoms with van der Waals surface area (Å²) >= 11 is 1.45. The smallest absolute Gasteiger partial charge is 0.306 e. The maximum Gasteiger partial charge on any atom is 0.306 e. The van der Waals surface area contributed by atoms with Crippen molar-refractivity contribution in [2.75, 3.05) is 19.0 Å². The van der Waals surface area contributed by atoms with E-state index >= 15 is 0 Å². The zero-order valence-corrected chi connectivity index (χ0v) is 38.3. The van der Waals surface area contributed by atoms with Crippen molar-refractivity contribution >= 4 is 52.4 Å². The predicted molar refractivity (Wildman–Crippen MR) is 242 cm³/mol. The van der Waals surface area contributed by atoms with E-state index < -0.39 is 71.6 Å². The van der Waals surface area contributed by atoms with Crippen LogP contribution in [0.5, 0.6) is 11.5 Å². The minimum Gasteiger partial charge on any atom is -0.497 e. The molecule has 6 atom stereocenters. The molecule has 12 nitrogen and oxygen atoms in total. The molecular weight excluding hydrogens is 862 g/mol. The van der Waals surface area contributed by atoms with E-state index in [0.717, 1.165) is 55.8 Å². The number of methoxy groups -OCH3 is 1. The van der Waals surface area contributed by atoms with Gasteiger partial charge in [0.2, 0.25) is 13.3 Å². The zero-order valence-electron chi connectivity index (χ0n) is 36.6. The molecule has 4 heterocycles. The van der Waals surface area contributed by atoms with Gasteiger partial charge in [0, 0.05) is 53.3 Å². The highest BCUT2D eigenvalue weighted by atomic mass is 32.1. The molecule has 2 aromatic carbocycles. The van der Waals surface area contributed by atoms with Gasteiger partial charge in [-0.25, -0.2) is 18.7 Å². The van der Waals surface area contributed by atoms with Gasteiger partial charge in [0.15, 0.2) is 10.9 Å². The Morgan fingerprint density at radius 3 is 2.53 bits per heavy atom. The standard InChI is InChI=1S/C48H57F2N4O8PS/c1-29(2)51-47-53-41(28-64-47)40-23-44(35-19-18-33(60-3)21-39(35)52-40)61-34-22-42-43(55)25-48(63(58,59)27-36-37(49)16-11-17-38(36)50)24-31(48)13-8-6-4-5-7-12-30(46(57)54(42)26-34)20-45(56)62-32-14-9-10-15-32/h8,11,13,16-19,21,23,28-32,34,42H,4-7,9-10,12,14-15,20,22,24-27H2,1-3H3,(H,51,53)(H,58,59)/b13-8-/t30-,31+,34-,42+,48-/m1/s1. The van der Waals surface area contributed by atoms with Gasteiger partial charge in [-0.1, -0.05) is 31.1 Å². The summed E-state index contributed by atoms with van der Waals surface area (Å²) < 4.78 is 62.7. The highest BCUT2D eigenvalue weighted by Crippen LogP contribution is 2.74. The molecule has 2 aliphatic carbocycles. The van der Waals surface area contributed by atoms with E-state index in [4.69, 9.17) is 24.2 Å². The summed E-state index contributed by atoms with van der Waals surface area (Å²) in [5.41, 5.74) is 1.26. The highest BCUT2D eigenvalue weighted by Gasteiger charge is 2.65. The maximum absolute atomic E-state index is 15.0. The number of benzene rings is 2. The van der Waals surface area contributed by atoms with Crippen molar-refractivity contribution in [3.63, 3.8) is 0 Å². The second-order valence-electron chi connectivity index (χ2n) is 18.2. The highest BCUT2D eigenvalue weighted by molar-refractivity contribution is 7.59. The first-order chi connectivity index (χ1) is 30.7. The summed E-state index contributed by atoms with van der Waals surface area (Å²) in [5.74, 6) is -3.33. The van der Waals surface area contributed by atoms with Crippen LogP contribution in [0.15, 0.2) is 60.0 Å². The average Bonchev–Trinajstić information content (AvgIpc) is 3.67. The van der Waals surface area contributed by atoms with Gasteiger partial charge in [-0.15, -0.1) is 11.3 Å². The number of ether oxygens (including phenoxy) is 3. The third-order valence-electron chi connectivity index (χ3n) is 13.2. The molecule has 0 bridgehead atoms. The lowest BCUT2D eigenvalue weighted by Gasteiger charge is -2.30. The first-order valence-electron chi connectivity index (χ1n) is 22.6. The fraction of sp³-hybridized carbons (Fsp3) is 0.521. The third kappa shape index (κ3) is 10.1. The van der Waals surface area contributed by atoms with Crippen LogP contribution in [0.4, 0.5) is 13.9 Å². The topological polar surface area (TPSA) is 157 Å². The normalized spacial score (nSPS) is 25.8. The summed E-state index contributed by atoms with van der Waals surface area (Å²) in [6.45, 7) is 4.06. The Labute approximate surface area is 376 Å². The number of Topliss-reactive ketones (excluding diaryl/α,β-unsaturated/α-hetero) is 1. The predicted octanol–water partition coefficient (Wildman–Crippen LogP) is 10.0. The number of carbonyl (C=O) groups is 3. The summed E-state index contributed by atoms with van der Waals surface area (Å²) in [5, 5.41) is 5.14. The second-order valence-corrected chi connectivity index (χ2v) is 21.7. The van der Waals surface area contributed by atoms with Gasteiger partial charge >= 0.3 is 5.97 Å². The molecule has 2 N–H and O–H groups in total. The number of allylic oxidation sites excluding steroid dienone is 2. The van der Waals surface area contributed by atoms with Crippen LogP contribution < -0.4 is 14.8 Å². The lowest BCUT2D eigenvalue weighted by atomic mass is 9.94. The van der Waals surface area contributed by atoms with Crippen molar-refractivity contribution in [2.24, 2.45) is 11.8 Å². The van der Waals surface area contributed by atoms with E-state index in [1.54, 1.807) is 25.3 Å². The van der Waals surface area contributed by atoms with Gasteiger partial charge in [0.05, 0.1) is 48.6 Å². The van der Waals surface area contributed by atoms with Crippen LogP contribution in [0.1, 0.15) is 103 Å². The van der Waals surface area contributed by atoms with E-state index in [1.807, 2.05) is 37.4 Å². The number of nitrogens with one attached hydrogen (secondary N) is 1. The van der Waals surface area contributed by atoms with Crippen molar-refractivity contribution in [1.29, 1.82) is 0 Å². The molecule has 3 fully saturated rings. The number of halogens is 2. The Balaban J connectivity index is 1.14. The number of hydrogen-bond acceptors (Lipinski definition) is 11.